The molecule has 1 rings (SSSR count). The smallest absolute Gasteiger partial charge is 0.330 e. The first-order chi connectivity index (χ1) is 17.8. The first kappa shape index (κ1) is 35.8. The van der Waals surface area contributed by atoms with Gasteiger partial charge in [-0.05, 0) is 63.5 Å². The van der Waals surface area contributed by atoms with Crippen LogP contribution in [0.5, 0.6) is 0 Å². The summed E-state index contributed by atoms with van der Waals surface area (Å²) in [5.41, 5.74) is 1.71. The normalized spacial score (nSPS) is 10.5. The number of hydrogen-bond donors (Lipinski definition) is 2. The number of aliphatic hydroxyl groups excluding tert-OH is 2. The Morgan fingerprint density at radius 2 is 1.81 bits per heavy atom. The molecular formula is C29H40ClNO6. The number of amides is 1. The number of carbonyl (C=O) groups excluding carboxylic acids is 2. The van der Waals surface area contributed by atoms with E-state index in [1.54, 1.807) is 44.2 Å². The van der Waals surface area contributed by atoms with Gasteiger partial charge in [-0.25, -0.2) is 4.79 Å². The summed E-state index contributed by atoms with van der Waals surface area (Å²) in [6, 6.07) is 5.35. The van der Waals surface area contributed by atoms with E-state index in [2.05, 4.69) is 18.9 Å². The van der Waals surface area contributed by atoms with Gasteiger partial charge < -0.3 is 24.6 Å². The van der Waals surface area contributed by atoms with Crippen molar-refractivity contribution in [2.45, 2.75) is 40.5 Å². The summed E-state index contributed by atoms with van der Waals surface area (Å²) >= 11 is 6.00. The topological polar surface area (TPSA) is 96.3 Å². The number of aryl methyl sites for hydroxylation is 1. The molecule has 1 aromatic rings. The molecule has 0 spiro atoms. The molecule has 0 fully saturated rings. The van der Waals surface area contributed by atoms with Gasteiger partial charge in [-0.3, -0.25) is 4.79 Å². The van der Waals surface area contributed by atoms with Crippen molar-refractivity contribution in [2.24, 2.45) is 0 Å². The number of allylic oxidation sites excluding steroid dienone is 2. The highest BCUT2D eigenvalue weighted by molar-refractivity contribution is 6.30. The Labute approximate surface area is 226 Å². The van der Waals surface area contributed by atoms with Gasteiger partial charge in [0.15, 0.2) is 0 Å². The molecule has 2 N–H and O–H groups in total. The van der Waals surface area contributed by atoms with Gasteiger partial charge in [-0.2, -0.15) is 0 Å². The molecule has 0 saturated heterocycles. The van der Waals surface area contributed by atoms with Crippen LogP contribution in [-0.2, 0) is 25.5 Å². The number of terminal acetylenes is 1. The third-order valence-electron chi connectivity index (χ3n) is 4.14. The Hall–Kier alpha value is -3.31. The number of carbonyl (C=O) groups is 2. The minimum Gasteiger partial charge on any atom is -0.496 e. The van der Waals surface area contributed by atoms with Gasteiger partial charge in [0.2, 0.25) is 0 Å². The Kier molecular flexibility index (Phi) is 23.6. The van der Waals surface area contributed by atoms with Crippen LogP contribution < -0.4 is 4.90 Å². The second-order valence-electron chi connectivity index (χ2n) is 6.90. The molecule has 204 valence electrons. The van der Waals surface area contributed by atoms with Crippen molar-refractivity contribution in [1.82, 2.24) is 0 Å². The van der Waals surface area contributed by atoms with Gasteiger partial charge >= 0.3 is 5.97 Å². The van der Waals surface area contributed by atoms with E-state index in [9.17, 15) is 9.59 Å². The van der Waals surface area contributed by atoms with Gasteiger partial charge in [0.1, 0.15) is 12.4 Å². The number of hydrogen-bond acceptors (Lipinski definition) is 6. The second-order valence-corrected chi connectivity index (χ2v) is 7.34. The highest BCUT2D eigenvalue weighted by atomic mass is 35.5. The molecule has 0 unspecified atom stereocenters. The van der Waals surface area contributed by atoms with Crippen molar-refractivity contribution < 1.29 is 29.3 Å². The van der Waals surface area contributed by atoms with Crippen LogP contribution in [0.2, 0.25) is 5.02 Å². The number of rotatable bonds is 13. The SMILES string of the molecule is C#CC.C=CCN(C(=O)/C=C/C(=O)OCC)c1ccc(Cl)cc1CC.CCO/C(=C/C=C\CCO)CO. The lowest BCUT2D eigenvalue weighted by molar-refractivity contribution is -0.137. The van der Waals surface area contributed by atoms with Crippen LogP contribution in [0.1, 0.15) is 39.7 Å². The largest absolute Gasteiger partial charge is 0.496 e. The first-order valence-electron chi connectivity index (χ1n) is 11.9. The fraction of sp³-hybridized carbons (Fsp3) is 0.379. The standard InChI is InChI=1S/C17H20ClNO3.C9H16O3.C3H4/c1-4-11-19(16(20)9-10-17(21)22-6-3)15-8-7-14(18)12-13(15)5-2;1-2-12-9(8-11)6-4-3-5-7-10;1-3-2/h4,7-10,12H,1,5-6,11H2,2-3H3;3-4,6,10-11H,2,5,7-8H2,1H3;1H,2H3/b10-9+;4-3-,9-6+;. The number of ether oxygens (including phenoxy) is 2. The molecule has 0 radical (unpaired) electrons. The summed E-state index contributed by atoms with van der Waals surface area (Å²) in [6.45, 7) is 12.1. The van der Waals surface area contributed by atoms with E-state index in [1.807, 2.05) is 26.0 Å². The second kappa shape index (κ2) is 24.4. The summed E-state index contributed by atoms with van der Waals surface area (Å²) in [5.74, 6) is 1.94. The molecule has 0 saturated carbocycles. The molecule has 0 aromatic heterocycles. The number of anilines is 1. The summed E-state index contributed by atoms with van der Waals surface area (Å²) in [5, 5.41) is 17.8. The van der Waals surface area contributed by atoms with Gasteiger partial charge in [0.05, 0.1) is 13.2 Å². The number of benzene rings is 1. The van der Waals surface area contributed by atoms with E-state index in [-0.39, 0.29) is 25.7 Å². The minimum absolute atomic E-state index is 0.0860. The minimum atomic E-state index is -0.541. The van der Waals surface area contributed by atoms with E-state index >= 15 is 0 Å². The average molecular weight is 534 g/mol. The molecule has 1 aromatic carbocycles. The van der Waals surface area contributed by atoms with Crippen molar-refractivity contribution in [1.29, 1.82) is 0 Å². The van der Waals surface area contributed by atoms with E-state index in [0.29, 0.717) is 30.4 Å². The lowest BCUT2D eigenvalue weighted by atomic mass is 10.1. The fourth-order valence-electron chi connectivity index (χ4n) is 2.63. The van der Waals surface area contributed by atoms with E-state index in [4.69, 9.17) is 31.3 Å². The zero-order chi connectivity index (χ0) is 28.5. The fourth-order valence-corrected chi connectivity index (χ4v) is 2.83. The molecule has 7 nitrogen and oxygen atoms in total. The van der Waals surface area contributed by atoms with Crippen LogP contribution >= 0.6 is 11.6 Å². The molecule has 8 heteroatoms. The van der Waals surface area contributed by atoms with Crippen LogP contribution in [0.3, 0.4) is 0 Å². The predicted octanol–water partition coefficient (Wildman–Crippen LogP) is 5.02. The highest BCUT2D eigenvalue weighted by Crippen LogP contribution is 2.25. The number of halogens is 1. The molecule has 0 aliphatic rings. The van der Waals surface area contributed by atoms with Crippen LogP contribution in [0.15, 0.2) is 67.0 Å². The van der Waals surface area contributed by atoms with Crippen molar-refractivity contribution in [3.05, 3.63) is 77.6 Å². The lowest BCUT2D eigenvalue weighted by Crippen LogP contribution is -2.30. The van der Waals surface area contributed by atoms with Crippen molar-refractivity contribution in [2.75, 3.05) is 37.9 Å². The maximum Gasteiger partial charge on any atom is 0.330 e. The molecule has 0 heterocycles. The third-order valence-corrected chi connectivity index (χ3v) is 4.37. The highest BCUT2D eigenvalue weighted by Gasteiger charge is 2.15. The Bertz CT molecular complexity index is 931. The summed E-state index contributed by atoms with van der Waals surface area (Å²) in [4.78, 5) is 25.2. The lowest BCUT2D eigenvalue weighted by Gasteiger charge is -2.22. The summed E-state index contributed by atoms with van der Waals surface area (Å²) < 4.78 is 9.83. The van der Waals surface area contributed by atoms with E-state index < -0.39 is 5.97 Å². The number of esters is 1. The number of aliphatic hydroxyl groups is 2. The molecule has 0 atom stereocenters. The quantitative estimate of drug-likeness (QED) is 0.0923. The molecule has 1 amide bonds. The Balaban J connectivity index is 0. The van der Waals surface area contributed by atoms with Gasteiger partial charge in [-0.1, -0.05) is 36.8 Å². The van der Waals surface area contributed by atoms with Crippen molar-refractivity contribution in [3.63, 3.8) is 0 Å². The van der Waals surface area contributed by atoms with Crippen LogP contribution in [0, 0.1) is 12.3 Å². The predicted molar refractivity (Wildman–Crippen MR) is 151 cm³/mol. The summed E-state index contributed by atoms with van der Waals surface area (Å²) in [6.07, 6.45) is 15.2. The Morgan fingerprint density at radius 1 is 1.16 bits per heavy atom. The summed E-state index contributed by atoms with van der Waals surface area (Å²) in [7, 11) is 0. The molecule has 0 aliphatic carbocycles. The Morgan fingerprint density at radius 3 is 2.32 bits per heavy atom. The van der Waals surface area contributed by atoms with Crippen LogP contribution in [0.4, 0.5) is 5.69 Å². The maximum atomic E-state index is 12.3. The molecule has 0 bridgehead atoms. The van der Waals surface area contributed by atoms with Gasteiger partial charge in [0, 0.05) is 36.0 Å². The van der Waals surface area contributed by atoms with E-state index in [1.165, 1.54) is 11.0 Å². The van der Waals surface area contributed by atoms with E-state index in [0.717, 1.165) is 23.7 Å². The van der Waals surface area contributed by atoms with Crippen LogP contribution in [0.25, 0.3) is 0 Å². The van der Waals surface area contributed by atoms with Crippen molar-refractivity contribution >= 4 is 29.2 Å². The molecular weight excluding hydrogens is 494 g/mol. The van der Waals surface area contributed by atoms with Gasteiger partial charge in [0.25, 0.3) is 5.91 Å². The first-order valence-corrected chi connectivity index (χ1v) is 12.3. The molecule has 0 aliphatic heterocycles. The zero-order valence-corrected chi connectivity index (χ0v) is 23.0. The van der Waals surface area contributed by atoms with Crippen LogP contribution in [-0.4, -0.2) is 55.1 Å². The third kappa shape index (κ3) is 17.7. The average Bonchev–Trinajstić information content (AvgIpc) is 2.89. The molecule has 37 heavy (non-hydrogen) atoms. The monoisotopic (exact) mass is 533 g/mol. The van der Waals surface area contributed by atoms with Crippen molar-refractivity contribution in [3.8, 4) is 12.3 Å². The maximum absolute atomic E-state index is 12.3. The number of nitrogens with zero attached hydrogens (tertiary/aromatic N) is 1. The van der Waals surface area contributed by atoms with Gasteiger partial charge in [-0.15, -0.1) is 18.9 Å². The zero-order valence-electron chi connectivity index (χ0n) is 22.3.